The highest BCUT2D eigenvalue weighted by Gasteiger charge is 2.26. The van der Waals surface area contributed by atoms with Crippen LogP contribution in [-0.4, -0.2) is 34.0 Å². The predicted octanol–water partition coefficient (Wildman–Crippen LogP) is 3.44. The summed E-state index contributed by atoms with van der Waals surface area (Å²) in [7, 11) is -4.39. The van der Waals surface area contributed by atoms with Crippen LogP contribution in [0.5, 0.6) is 5.75 Å². The molecular formula is C20H18F2N2O5S. The highest BCUT2D eigenvalue weighted by Crippen LogP contribution is 2.31. The quantitative estimate of drug-likeness (QED) is 0.637. The van der Waals surface area contributed by atoms with E-state index in [0.717, 1.165) is 43.8 Å². The number of amides is 1. The summed E-state index contributed by atoms with van der Waals surface area (Å²) in [4.78, 5) is 14.1. The second-order valence-electron chi connectivity index (χ2n) is 6.75. The Balaban J connectivity index is 1.63. The van der Waals surface area contributed by atoms with Crippen LogP contribution in [0, 0.1) is 11.6 Å². The number of hydrogen-bond donors (Lipinski definition) is 1. The average molecular weight is 436 g/mol. The lowest BCUT2D eigenvalue weighted by molar-refractivity contribution is 0.0956. The van der Waals surface area contributed by atoms with Gasteiger partial charge >= 0.3 is 5.91 Å². The first-order valence-corrected chi connectivity index (χ1v) is 10.7. The Bertz CT molecular complexity index is 1240. The zero-order valence-electron chi connectivity index (χ0n) is 15.9. The zero-order chi connectivity index (χ0) is 21.5. The van der Waals surface area contributed by atoms with Crippen molar-refractivity contribution in [3.05, 3.63) is 53.8 Å². The first-order chi connectivity index (χ1) is 14.3. The van der Waals surface area contributed by atoms with Crippen molar-refractivity contribution in [3.63, 3.8) is 0 Å². The van der Waals surface area contributed by atoms with E-state index in [1.807, 2.05) is 9.62 Å². The van der Waals surface area contributed by atoms with Crippen LogP contribution in [0.2, 0.25) is 0 Å². The summed E-state index contributed by atoms with van der Waals surface area (Å²) in [6, 6.07) is 6.95. The molecule has 0 saturated carbocycles. The van der Waals surface area contributed by atoms with Gasteiger partial charge in [-0.25, -0.2) is 21.9 Å². The second-order valence-corrected chi connectivity index (χ2v) is 8.40. The van der Waals surface area contributed by atoms with Crippen molar-refractivity contribution < 1.29 is 31.1 Å². The van der Waals surface area contributed by atoms with Gasteiger partial charge in [0.1, 0.15) is 27.9 Å². The van der Waals surface area contributed by atoms with Gasteiger partial charge in [0.15, 0.2) is 5.76 Å². The third-order valence-corrected chi connectivity index (χ3v) is 6.11. The van der Waals surface area contributed by atoms with E-state index in [0.29, 0.717) is 5.69 Å². The number of rotatable bonds is 6. The number of hydrogen-bond acceptors (Lipinski definition) is 6. The minimum absolute atomic E-state index is 0.0682. The number of fused-ring (bicyclic) bond motifs is 1. The lowest BCUT2D eigenvalue weighted by Gasteiger charge is -2.33. The molecule has 0 bridgehead atoms. The first-order valence-electron chi connectivity index (χ1n) is 9.26. The molecule has 0 aliphatic carbocycles. The van der Waals surface area contributed by atoms with Gasteiger partial charge in [-0.3, -0.25) is 4.79 Å². The van der Waals surface area contributed by atoms with Crippen LogP contribution < -0.4 is 14.4 Å². The molecule has 1 N–H and O–H groups in total. The molecule has 0 atom stereocenters. The molecule has 0 radical (unpaired) electrons. The van der Waals surface area contributed by atoms with Crippen LogP contribution >= 0.6 is 0 Å². The van der Waals surface area contributed by atoms with E-state index in [1.165, 1.54) is 6.07 Å². The first kappa shape index (κ1) is 20.1. The SMILES string of the molecule is CCOc1cc(F)ccc1S(=O)(=O)NC(=O)c1cc2c(F)cc(N3CCC3)cc2o1. The summed E-state index contributed by atoms with van der Waals surface area (Å²) in [5.41, 5.74) is 0.768. The highest BCUT2D eigenvalue weighted by molar-refractivity contribution is 7.90. The van der Waals surface area contributed by atoms with Crippen molar-refractivity contribution in [1.29, 1.82) is 0 Å². The molecule has 4 rings (SSSR count). The molecule has 10 heteroatoms. The molecule has 1 saturated heterocycles. The Morgan fingerprint density at radius 1 is 1.20 bits per heavy atom. The van der Waals surface area contributed by atoms with Crippen molar-refractivity contribution in [3.8, 4) is 5.75 Å². The van der Waals surface area contributed by atoms with E-state index < -0.39 is 32.5 Å². The van der Waals surface area contributed by atoms with Crippen molar-refractivity contribution >= 4 is 32.6 Å². The summed E-state index contributed by atoms with van der Waals surface area (Å²) in [5, 5.41) is 0.0682. The lowest BCUT2D eigenvalue weighted by Crippen LogP contribution is -2.36. The molecule has 2 heterocycles. The van der Waals surface area contributed by atoms with E-state index >= 15 is 0 Å². The molecule has 3 aromatic rings. The van der Waals surface area contributed by atoms with E-state index in [-0.39, 0.29) is 29.1 Å². The molecule has 0 unspecified atom stereocenters. The molecule has 158 valence electrons. The number of anilines is 1. The maximum atomic E-state index is 14.4. The summed E-state index contributed by atoms with van der Waals surface area (Å²) < 4.78 is 65.6. The Kier molecular flexibility index (Phi) is 5.10. The molecule has 1 aliphatic rings. The molecule has 1 amide bonds. The van der Waals surface area contributed by atoms with E-state index in [4.69, 9.17) is 9.15 Å². The summed E-state index contributed by atoms with van der Waals surface area (Å²) in [6.07, 6.45) is 1.01. The Hall–Kier alpha value is -3.14. The summed E-state index contributed by atoms with van der Waals surface area (Å²) >= 11 is 0. The van der Waals surface area contributed by atoms with Crippen LogP contribution in [0.4, 0.5) is 14.5 Å². The Morgan fingerprint density at radius 3 is 2.63 bits per heavy atom. The van der Waals surface area contributed by atoms with E-state index in [9.17, 15) is 22.0 Å². The van der Waals surface area contributed by atoms with Gasteiger partial charge in [-0.05, 0) is 31.5 Å². The maximum Gasteiger partial charge on any atom is 0.300 e. The molecule has 30 heavy (non-hydrogen) atoms. The van der Waals surface area contributed by atoms with Gasteiger partial charge in [-0.1, -0.05) is 0 Å². The summed E-state index contributed by atoms with van der Waals surface area (Å²) in [5.74, 6) is -2.93. The lowest BCUT2D eigenvalue weighted by atomic mass is 10.1. The summed E-state index contributed by atoms with van der Waals surface area (Å²) in [6.45, 7) is 3.31. The second kappa shape index (κ2) is 7.60. The number of nitrogens with one attached hydrogen (secondary N) is 1. The number of carbonyl (C=O) groups is 1. The molecule has 1 aromatic heterocycles. The number of halogens is 2. The van der Waals surface area contributed by atoms with Gasteiger partial charge in [-0.15, -0.1) is 0 Å². The maximum absolute atomic E-state index is 14.4. The normalized spacial score (nSPS) is 13.9. The predicted molar refractivity (Wildman–Crippen MR) is 105 cm³/mol. The molecule has 1 aliphatic heterocycles. The fourth-order valence-electron chi connectivity index (χ4n) is 3.15. The van der Waals surface area contributed by atoms with Gasteiger partial charge < -0.3 is 14.1 Å². The molecule has 0 spiro atoms. The van der Waals surface area contributed by atoms with Crippen LogP contribution in [0.3, 0.4) is 0 Å². The minimum Gasteiger partial charge on any atom is -0.492 e. The Morgan fingerprint density at radius 2 is 1.97 bits per heavy atom. The van der Waals surface area contributed by atoms with Crippen LogP contribution in [0.15, 0.2) is 45.7 Å². The monoisotopic (exact) mass is 436 g/mol. The largest absolute Gasteiger partial charge is 0.492 e. The Labute approximate surface area is 171 Å². The zero-order valence-corrected chi connectivity index (χ0v) is 16.8. The van der Waals surface area contributed by atoms with Gasteiger partial charge in [0.2, 0.25) is 0 Å². The van der Waals surface area contributed by atoms with Crippen LogP contribution in [0.25, 0.3) is 11.0 Å². The number of nitrogens with zero attached hydrogens (tertiary/aromatic N) is 1. The minimum atomic E-state index is -4.39. The van der Waals surface area contributed by atoms with E-state index in [2.05, 4.69) is 0 Å². The van der Waals surface area contributed by atoms with Crippen molar-refractivity contribution in [2.75, 3.05) is 24.6 Å². The van der Waals surface area contributed by atoms with Gasteiger partial charge in [0.05, 0.1) is 12.0 Å². The smallest absolute Gasteiger partial charge is 0.300 e. The topological polar surface area (TPSA) is 88.8 Å². The van der Waals surface area contributed by atoms with Crippen LogP contribution in [0.1, 0.15) is 23.9 Å². The van der Waals surface area contributed by atoms with Crippen LogP contribution in [-0.2, 0) is 10.0 Å². The molecule has 1 fully saturated rings. The molecular weight excluding hydrogens is 418 g/mol. The average Bonchev–Trinajstić information content (AvgIpc) is 3.05. The van der Waals surface area contributed by atoms with Gasteiger partial charge in [0.25, 0.3) is 10.0 Å². The van der Waals surface area contributed by atoms with E-state index in [1.54, 1.807) is 13.0 Å². The number of benzene rings is 2. The molecule has 2 aromatic carbocycles. The molecule has 7 nitrogen and oxygen atoms in total. The number of ether oxygens (including phenoxy) is 1. The fourth-order valence-corrected chi connectivity index (χ4v) is 4.24. The highest BCUT2D eigenvalue weighted by atomic mass is 32.2. The van der Waals surface area contributed by atoms with Crippen molar-refractivity contribution in [2.24, 2.45) is 0 Å². The van der Waals surface area contributed by atoms with Gasteiger partial charge in [-0.2, -0.15) is 0 Å². The standard InChI is InChI=1S/C20H18F2N2O5S/c1-2-28-17-8-12(21)4-5-19(17)30(26,27)23-20(25)18-11-14-15(22)9-13(10-16(14)29-18)24-6-3-7-24/h4-5,8-11H,2-3,6-7H2,1H3,(H,23,25). The van der Waals surface area contributed by atoms with Crippen molar-refractivity contribution in [1.82, 2.24) is 4.72 Å². The van der Waals surface area contributed by atoms with Gasteiger partial charge in [0, 0.05) is 37.0 Å². The third kappa shape index (κ3) is 3.70. The number of furan rings is 1. The third-order valence-electron chi connectivity index (χ3n) is 4.74. The van der Waals surface area contributed by atoms with Crippen molar-refractivity contribution in [2.45, 2.75) is 18.2 Å². The number of sulfonamides is 1. The fraction of sp³-hybridized carbons (Fsp3) is 0.250. The number of carbonyl (C=O) groups excluding carboxylic acids is 1.